The summed E-state index contributed by atoms with van der Waals surface area (Å²) in [5.41, 5.74) is 2.14. The number of anilines is 2. The summed E-state index contributed by atoms with van der Waals surface area (Å²) in [7, 11) is 0. The Balaban J connectivity index is 2.11. The van der Waals surface area contributed by atoms with Gasteiger partial charge in [0.15, 0.2) is 0 Å². The highest BCUT2D eigenvalue weighted by Gasteiger charge is 2.11. The van der Waals surface area contributed by atoms with E-state index in [1.807, 2.05) is 30.3 Å². The molecule has 1 saturated heterocycles. The van der Waals surface area contributed by atoms with E-state index < -0.39 is 0 Å². The van der Waals surface area contributed by atoms with Gasteiger partial charge in [0.05, 0.1) is 0 Å². The van der Waals surface area contributed by atoms with E-state index in [0.29, 0.717) is 0 Å². The monoisotopic (exact) mass is 238 g/mol. The third kappa shape index (κ3) is 2.81. The molecule has 1 aliphatic heterocycles. The number of hydrogen-bond donors (Lipinski definition) is 1. The number of benzene rings is 1. The minimum atomic E-state index is 0.0709. The average molecular weight is 238 g/mol. The Kier molecular flexibility index (Phi) is 3.83. The van der Waals surface area contributed by atoms with Crippen LogP contribution in [0.3, 0.4) is 0 Å². The number of nitriles is 2. The molecule has 1 aliphatic rings. The van der Waals surface area contributed by atoms with Gasteiger partial charge in [-0.15, -0.1) is 0 Å². The van der Waals surface area contributed by atoms with E-state index in [4.69, 9.17) is 10.5 Å². The van der Waals surface area contributed by atoms with Crippen molar-refractivity contribution in [1.29, 1.82) is 10.5 Å². The SMILES string of the molecule is N#CC(C#N)=CNc1cccc(N2CCCC2)c1. The van der Waals surface area contributed by atoms with Crippen LogP contribution in [0.4, 0.5) is 11.4 Å². The van der Waals surface area contributed by atoms with Crippen LogP contribution in [0, 0.1) is 22.7 Å². The topological polar surface area (TPSA) is 62.9 Å². The van der Waals surface area contributed by atoms with Gasteiger partial charge in [0.25, 0.3) is 0 Å². The van der Waals surface area contributed by atoms with E-state index in [0.717, 1.165) is 18.8 Å². The first kappa shape index (κ1) is 12.0. The average Bonchev–Trinajstić information content (AvgIpc) is 2.94. The van der Waals surface area contributed by atoms with Crippen LogP contribution in [-0.4, -0.2) is 13.1 Å². The predicted molar refractivity (Wildman–Crippen MR) is 70.8 cm³/mol. The minimum absolute atomic E-state index is 0.0709. The zero-order valence-electron chi connectivity index (χ0n) is 10.1. The summed E-state index contributed by atoms with van der Waals surface area (Å²) in [4.78, 5) is 2.34. The predicted octanol–water partition coefficient (Wildman–Crippen LogP) is 2.63. The van der Waals surface area contributed by atoms with Gasteiger partial charge in [-0.2, -0.15) is 10.5 Å². The van der Waals surface area contributed by atoms with Gasteiger partial charge in [-0.25, -0.2) is 0 Å². The van der Waals surface area contributed by atoms with Crippen LogP contribution in [0.5, 0.6) is 0 Å². The quantitative estimate of drug-likeness (QED) is 0.822. The van der Waals surface area contributed by atoms with Crippen molar-refractivity contribution in [3.8, 4) is 12.1 Å². The lowest BCUT2D eigenvalue weighted by atomic mass is 10.2. The Bertz CT molecular complexity index is 511. The first-order valence-corrected chi connectivity index (χ1v) is 5.95. The summed E-state index contributed by atoms with van der Waals surface area (Å²) < 4.78 is 0. The fourth-order valence-corrected chi connectivity index (χ4v) is 2.01. The first-order valence-electron chi connectivity index (χ1n) is 5.95. The molecule has 0 saturated carbocycles. The molecular formula is C14H14N4. The van der Waals surface area contributed by atoms with Gasteiger partial charge in [-0.05, 0) is 31.0 Å². The molecule has 1 fully saturated rings. The molecule has 1 aromatic carbocycles. The van der Waals surface area contributed by atoms with E-state index in [-0.39, 0.29) is 5.57 Å². The van der Waals surface area contributed by atoms with E-state index in [2.05, 4.69) is 16.3 Å². The third-order valence-corrected chi connectivity index (χ3v) is 2.94. The Labute approximate surface area is 107 Å². The lowest BCUT2D eigenvalue weighted by molar-refractivity contribution is 0.949. The van der Waals surface area contributed by atoms with Crippen molar-refractivity contribution in [3.63, 3.8) is 0 Å². The van der Waals surface area contributed by atoms with Crippen LogP contribution in [0.1, 0.15) is 12.8 Å². The normalized spacial score (nSPS) is 13.6. The van der Waals surface area contributed by atoms with Gasteiger partial charge in [0.2, 0.25) is 0 Å². The molecular weight excluding hydrogens is 224 g/mol. The van der Waals surface area contributed by atoms with Crippen molar-refractivity contribution in [2.75, 3.05) is 23.3 Å². The van der Waals surface area contributed by atoms with E-state index in [9.17, 15) is 0 Å². The molecule has 0 aromatic heterocycles. The highest BCUT2D eigenvalue weighted by atomic mass is 15.1. The summed E-state index contributed by atoms with van der Waals surface area (Å²) in [5.74, 6) is 0. The lowest BCUT2D eigenvalue weighted by Crippen LogP contribution is -2.17. The van der Waals surface area contributed by atoms with Crippen LogP contribution in [0.15, 0.2) is 36.0 Å². The Morgan fingerprint density at radius 3 is 2.61 bits per heavy atom. The standard InChI is InChI=1S/C14H14N4/c15-9-12(10-16)11-17-13-4-3-5-14(8-13)18-6-1-2-7-18/h3-5,8,11,17H,1-2,6-7H2. The van der Waals surface area contributed by atoms with Crippen molar-refractivity contribution in [3.05, 3.63) is 36.0 Å². The lowest BCUT2D eigenvalue weighted by Gasteiger charge is -2.18. The van der Waals surface area contributed by atoms with E-state index >= 15 is 0 Å². The Morgan fingerprint density at radius 2 is 1.94 bits per heavy atom. The molecule has 18 heavy (non-hydrogen) atoms. The van der Waals surface area contributed by atoms with Gasteiger partial charge >= 0.3 is 0 Å². The number of rotatable bonds is 3. The van der Waals surface area contributed by atoms with Crippen LogP contribution in [0.25, 0.3) is 0 Å². The zero-order valence-corrected chi connectivity index (χ0v) is 10.1. The molecule has 1 N–H and O–H groups in total. The van der Waals surface area contributed by atoms with Crippen molar-refractivity contribution >= 4 is 11.4 Å². The van der Waals surface area contributed by atoms with Gasteiger partial charge in [0, 0.05) is 30.7 Å². The van der Waals surface area contributed by atoms with Crippen molar-refractivity contribution in [2.24, 2.45) is 0 Å². The summed E-state index contributed by atoms with van der Waals surface area (Å²) >= 11 is 0. The maximum atomic E-state index is 8.64. The Hall–Kier alpha value is -2.46. The number of hydrogen-bond acceptors (Lipinski definition) is 4. The third-order valence-electron chi connectivity index (χ3n) is 2.94. The Morgan fingerprint density at radius 1 is 1.22 bits per heavy atom. The molecule has 4 heteroatoms. The summed E-state index contributed by atoms with van der Waals surface area (Å²) in [6.45, 7) is 2.20. The largest absolute Gasteiger partial charge is 0.371 e. The zero-order chi connectivity index (χ0) is 12.8. The molecule has 90 valence electrons. The van der Waals surface area contributed by atoms with Crippen LogP contribution in [0.2, 0.25) is 0 Å². The first-order chi connectivity index (χ1) is 8.83. The smallest absolute Gasteiger partial charge is 0.145 e. The van der Waals surface area contributed by atoms with Crippen LogP contribution in [-0.2, 0) is 0 Å². The number of nitrogens with zero attached hydrogens (tertiary/aromatic N) is 3. The van der Waals surface area contributed by atoms with Crippen LogP contribution >= 0.6 is 0 Å². The molecule has 0 atom stereocenters. The van der Waals surface area contributed by atoms with E-state index in [1.165, 1.54) is 24.7 Å². The molecule has 0 radical (unpaired) electrons. The van der Waals surface area contributed by atoms with Gasteiger partial charge in [-0.3, -0.25) is 0 Å². The maximum absolute atomic E-state index is 8.64. The van der Waals surface area contributed by atoms with Crippen molar-refractivity contribution < 1.29 is 0 Å². The second-order valence-corrected chi connectivity index (χ2v) is 4.17. The summed E-state index contributed by atoms with van der Waals surface area (Å²) in [6, 6.07) is 11.6. The maximum Gasteiger partial charge on any atom is 0.145 e. The van der Waals surface area contributed by atoms with Crippen LogP contribution < -0.4 is 10.2 Å². The summed E-state index contributed by atoms with van der Waals surface area (Å²) in [5, 5.41) is 20.3. The van der Waals surface area contributed by atoms with Crippen molar-refractivity contribution in [1.82, 2.24) is 0 Å². The molecule has 1 heterocycles. The second kappa shape index (κ2) is 5.75. The van der Waals surface area contributed by atoms with Crippen molar-refractivity contribution in [2.45, 2.75) is 12.8 Å². The highest BCUT2D eigenvalue weighted by Crippen LogP contribution is 2.23. The fraction of sp³-hybridized carbons (Fsp3) is 0.286. The van der Waals surface area contributed by atoms with Gasteiger partial charge in [0.1, 0.15) is 17.7 Å². The van der Waals surface area contributed by atoms with E-state index in [1.54, 1.807) is 0 Å². The number of allylic oxidation sites excluding steroid dienone is 1. The molecule has 0 spiro atoms. The molecule has 2 rings (SSSR count). The molecule has 4 nitrogen and oxygen atoms in total. The fourth-order valence-electron chi connectivity index (χ4n) is 2.01. The minimum Gasteiger partial charge on any atom is -0.371 e. The van der Waals surface area contributed by atoms with Gasteiger partial charge < -0.3 is 10.2 Å². The molecule has 0 aliphatic carbocycles. The number of nitrogens with one attached hydrogen (secondary N) is 1. The molecule has 0 unspecified atom stereocenters. The molecule has 0 bridgehead atoms. The highest BCUT2D eigenvalue weighted by molar-refractivity contribution is 5.60. The second-order valence-electron chi connectivity index (χ2n) is 4.17. The summed E-state index contributed by atoms with van der Waals surface area (Å²) in [6.07, 6.45) is 3.91. The van der Waals surface area contributed by atoms with Gasteiger partial charge in [-0.1, -0.05) is 6.07 Å². The molecule has 0 amide bonds. The molecule has 1 aromatic rings.